The van der Waals surface area contributed by atoms with Crippen molar-refractivity contribution in [1.82, 2.24) is 15.5 Å². The number of halogens is 3. The summed E-state index contributed by atoms with van der Waals surface area (Å²) in [6.07, 6.45) is 1.93. The van der Waals surface area contributed by atoms with Crippen LogP contribution in [-0.4, -0.2) is 52.3 Å². The maximum Gasteiger partial charge on any atom is 0.409 e. The minimum absolute atomic E-state index is 0.0348. The first-order chi connectivity index (χ1) is 13.6. The van der Waals surface area contributed by atoms with Gasteiger partial charge in [-0.15, -0.1) is 0 Å². The summed E-state index contributed by atoms with van der Waals surface area (Å²) in [4.78, 5) is 37.2. The van der Waals surface area contributed by atoms with Crippen molar-refractivity contribution in [2.24, 2.45) is 5.92 Å². The van der Waals surface area contributed by atoms with Crippen LogP contribution < -0.4 is 10.6 Å². The van der Waals surface area contributed by atoms with Crippen LogP contribution in [0, 0.1) is 5.92 Å². The number of aliphatic carboxylic acids is 1. The topological polar surface area (TPSA) is 98.7 Å². The van der Waals surface area contributed by atoms with Gasteiger partial charge < -0.3 is 15.3 Å². The molecule has 0 aromatic heterocycles. The monoisotopic (exact) mass is 421 g/mol. The summed E-state index contributed by atoms with van der Waals surface area (Å²) in [6, 6.07) is -4.67. The number of hydrogen-bond donors (Lipinski definition) is 3. The summed E-state index contributed by atoms with van der Waals surface area (Å²) in [5, 5.41) is 12.2. The lowest BCUT2D eigenvalue weighted by atomic mass is 9.84. The van der Waals surface area contributed by atoms with Crippen molar-refractivity contribution in [2.75, 3.05) is 0 Å². The highest BCUT2D eigenvalue weighted by Crippen LogP contribution is 2.32. The van der Waals surface area contributed by atoms with E-state index >= 15 is 0 Å². The first-order valence-electron chi connectivity index (χ1n) is 10.3. The van der Waals surface area contributed by atoms with Crippen molar-refractivity contribution in [2.45, 2.75) is 95.4 Å². The number of amides is 4. The van der Waals surface area contributed by atoms with E-state index in [9.17, 15) is 27.6 Å². The molecule has 3 N–H and O–H groups in total. The predicted octanol–water partition coefficient (Wildman–Crippen LogP) is 4.02. The summed E-state index contributed by atoms with van der Waals surface area (Å²) < 4.78 is 38.9. The molecule has 2 aliphatic carbocycles. The number of alkyl halides is 3. The maximum absolute atomic E-state index is 13.0. The van der Waals surface area contributed by atoms with Crippen molar-refractivity contribution >= 4 is 18.0 Å². The van der Waals surface area contributed by atoms with Gasteiger partial charge in [-0.25, -0.2) is 9.59 Å². The fourth-order valence-corrected chi connectivity index (χ4v) is 4.29. The molecule has 2 saturated carbocycles. The van der Waals surface area contributed by atoms with Gasteiger partial charge in [-0.3, -0.25) is 10.1 Å². The normalized spacial score (nSPS) is 24.4. The van der Waals surface area contributed by atoms with E-state index in [1.165, 1.54) is 0 Å². The van der Waals surface area contributed by atoms with E-state index in [2.05, 4.69) is 6.92 Å². The molecule has 0 radical (unpaired) electrons. The van der Waals surface area contributed by atoms with Gasteiger partial charge in [-0.05, 0) is 44.4 Å². The van der Waals surface area contributed by atoms with E-state index in [1.807, 2.05) is 5.32 Å². The Hall–Kier alpha value is -2.00. The van der Waals surface area contributed by atoms with Crippen LogP contribution in [0.2, 0.25) is 0 Å². The van der Waals surface area contributed by atoms with E-state index in [-0.39, 0.29) is 12.1 Å². The Bertz CT molecular complexity index is 586. The van der Waals surface area contributed by atoms with Crippen LogP contribution in [0.25, 0.3) is 0 Å². The minimum Gasteiger partial charge on any atom is -0.481 e. The molecule has 10 heteroatoms. The van der Waals surface area contributed by atoms with Crippen LogP contribution >= 0.6 is 0 Å². The number of nitrogens with zero attached hydrogens (tertiary/aromatic N) is 1. The number of rotatable bonds is 5. The number of hydrogen-bond acceptors (Lipinski definition) is 3. The summed E-state index contributed by atoms with van der Waals surface area (Å²) in [5.41, 5.74) is 0. The molecule has 0 spiro atoms. The number of imide groups is 1. The molecule has 1 unspecified atom stereocenters. The molecule has 0 bridgehead atoms. The third-order valence-electron chi connectivity index (χ3n) is 5.88. The number of carboxylic acid groups (broad SMARTS) is 1. The number of carboxylic acids is 1. The lowest BCUT2D eigenvalue weighted by molar-refractivity contribution is -0.165. The smallest absolute Gasteiger partial charge is 0.409 e. The number of urea groups is 2. The van der Waals surface area contributed by atoms with Crippen molar-refractivity contribution in [3.8, 4) is 0 Å². The standard InChI is InChI=1S/C19H30F3N3O4/c1-12-7-9-14(10-8-12)25(13-5-3-2-4-6-13)18(29)24-17(28)23-15(11-16(26)27)19(20,21)22/h12-15H,2-11H2,1H3,(H,26,27)(H2,23,24,28,29)/t12-,14-,15?. The predicted molar refractivity (Wildman–Crippen MR) is 99.3 cm³/mol. The van der Waals surface area contributed by atoms with Gasteiger partial charge in [0.25, 0.3) is 0 Å². The number of carbonyl (C=O) groups excluding carboxylic acids is 2. The van der Waals surface area contributed by atoms with Crippen molar-refractivity contribution in [3.63, 3.8) is 0 Å². The minimum atomic E-state index is -4.93. The summed E-state index contributed by atoms with van der Waals surface area (Å²) >= 11 is 0. The second-order valence-electron chi connectivity index (χ2n) is 8.21. The van der Waals surface area contributed by atoms with Crippen LogP contribution in [0.15, 0.2) is 0 Å². The summed E-state index contributed by atoms with van der Waals surface area (Å²) in [7, 11) is 0. The zero-order valence-corrected chi connectivity index (χ0v) is 16.6. The van der Waals surface area contributed by atoms with Gasteiger partial charge in [-0.2, -0.15) is 13.2 Å². The average molecular weight is 421 g/mol. The second kappa shape index (κ2) is 10.2. The molecule has 7 nitrogen and oxygen atoms in total. The molecule has 0 heterocycles. The van der Waals surface area contributed by atoms with Crippen LogP contribution in [-0.2, 0) is 4.79 Å². The number of carbonyl (C=O) groups is 3. The van der Waals surface area contributed by atoms with E-state index in [0.29, 0.717) is 5.92 Å². The van der Waals surface area contributed by atoms with Crippen molar-refractivity contribution in [1.29, 1.82) is 0 Å². The molecule has 29 heavy (non-hydrogen) atoms. The highest BCUT2D eigenvalue weighted by atomic mass is 19.4. The zero-order valence-electron chi connectivity index (χ0n) is 16.6. The quantitative estimate of drug-likeness (QED) is 0.624. The Balaban J connectivity index is 2.05. The van der Waals surface area contributed by atoms with Gasteiger partial charge in [0, 0.05) is 12.1 Å². The average Bonchev–Trinajstić information content (AvgIpc) is 2.62. The van der Waals surface area contributed by atoms with Crippen LogP contribution in [0.3, 0.4) is 0 Å². The Morgan fingerprint density at radius 3 is 2.07 bits per heavy atom. The fourth-order valence-electron chi connectivity index (χ4n) is 4.29. The molecule has 0 aromatic carbocycles. The lowest BCUT2D eigenvalue weighted by Crippen LogP contribution is -2.57. The molecule has 166 valence electrons. The largest absolute Gasteiger partial charge is 0.481 e. The van der Waals surface area contributed by atoms with E-state index < -0.39 is 36.7 Å². The molecule has 0 aliphatic heterocycles. The first kappa shape index (κ1) is 23.3. The third kappa shape index (κ3) is 7.08. The van der Waals surface area contributed by atoms with Crippen LogP contribution in [0.4, 0.5) is 22.8 Å². The second-order valence-corrected chi connectivity index (χ2v) is 8.21. The molecule has 2 rings (SSSR count). The number of nitrogens with one attached hydrogen (secondary N) is 2. The first-order valence-corrected chi connectivity index (χ1v) is 10.3. The van der Waals surface area contributed by atoms with Gasteiger partial charge >= 0.3 is 24.2 Å². The van der Waals surface area contributed by atoms with Gasteiger partial charge in [0.05, 0.1) is 6.42 Å². The Kier molecular flexibility index (Phi) is 8.15. The van der Waals surface area contributed by atoms with Crippen molar-refractivity contribution in [3.05, 3.63) is 0 Å². The molecular weight excluding hydrogens is 391 g/mol. The van der Waals surface area contributed by atoms with Crippen molar-refractivity contribution < 1.29 is 32.7 Å². The van der Waals surface area contributed by atoms with Crippen LogP contribution in [0.1, 0.15) is 71.1 Å². The Morgan fingerprint density at radius 1 is 1.00 bits per heavy atom. The molecular formula is C19H30F3N3O4. The maximum atomic E-state index is 13.0. The van der Waals surface area contributed by atoms with E-state index in [4.69, 9.17) is 5.11 Å². The van der Waals surface area contributed by atoms with Gasteiger partial charge in [0.1, 0.15) is 6.04 Å². The van der Waals surface area contributed by atoms with Gasteiger partial charge in [0.2, 0.25) is 0 Å². The molecule has 4 amide bonds. The Morgan fingerprint density at radius 2 is 1.55 bits per heavy atom. The van der Waals surface area contributed by atoms with E-state index in [1.54, 1.807) is 10.2 Å². The summed E-state index contributed by atoms with van der Waals surface area (Å²) in [5.74, 6) is -1.13. The lowest BCUT2D eigenvalue weighted by Gasteiger charge is -2.42. The molecule has 0 saturated heterocycles. The highest BCUT2D eigenvalue weighted by Gasteiger charge is 2.42. The summed E-state index contributed by atoms with van der Waals surface area (Å²) in [6.45, 7) is 2.15. The molecule has 2 fully saturated rings. The molecule has 2 aliphatic rings. The molecule has 0 aromatic rings. The molecule has 1 atom stereocenters. The van der Waals surface area contributed by atoms with E-state index in [0.717, 1.165) is 57.8 Å². The fraction of sp³-hybridized carbons (Fsp3) is 0.842. The van der Waals surface area contributed by atoms with Gasteiger partial charge in [-0.1, -0.05) is 26.2 Å². The van der Waals surface area contributed by atoms with Gasteiger partial charge in [0.15, 0.2) is 0 Å². The highest BCUT2D eigenvalue weighted by molar-refractivity contribution is 5.94. The zero-order chi connectivity index (χ0) is 21.6. The van der Waals surface area contributed by atoms with Crippen LogP contribution in [0.5, 0.6) is 0 Å². The Labute approximate surface area is 168 Å². The SMILES string of the molecule is C[C@H]1CC[C@H](N(C(=O)NC(=O)NC(CC(=O)O)C(F)(F)F)C2CCCCC2)CC1. The third-order valence-corrected chi connectivity index (χ3v) is 5.88.